The maximum Gasteiger partial charge on any atom is 0.246 e. The summed E-state index contributed by atoms with van der Waals surface area (Å²) in [5.74, 6) is 1.87. The Labute approximate surface area is 93.5 Å². The van der Waals surface area contributed by atoms with E-state index in [-0.39, 0.29) is 0 Å². The summed E-state index contributed by atoms with van der Waals surface area (Å²) in [5, 5.41) is 6.58. The molecule has 2 aromatic rings. The van der Waals surface area contributed by atoms with Crippen molar-refractivity contribution in [1.82, 2.24) is 15.2 Å². The molecular formula is C10H15N5O. The molecule has 0 spiro atoms. The lowest BCUT2D eigenvalue weighted by atomic mass is 10.2. The zero-order valence-electron chi connectivity index (χ0n) is 9.40. The van der Waals surface area contributed by atoms with Crippen LogP contribution in [0.5, 0.6) is 0 Å². The van der Waals surface area contributed by atoms with Gasteiger partial charge >= 0.3 is 0 Å². The molecule has 2 rings (SSSR count). The lowest BCUT2D eigenvalue weighted by molar-refractivity contribution is 0.531. The number of likely N-dealkylation sites (N-methyl/N-ethyl adjacent to an activating group) is 1. The van der Waals surface area contributed by atoms with Gasteiger partial charge in [0.25, 0.3) is 0 Å². The Balaban J connectivity index is 1.91. The van der Waals surface area contributed by atoms with Gasteiger partial charge in [0.2, 0.25) is 11.9 Å². The van der Waals surface area contributed by atoms with Gasteiger partial charge < -0.3 is 15.1 Å². The molecule has 0 aliphatic rings. The van der Waals surface area contributed by atoms with Crippen LogP contribution in [0.25, 0.3) is 0 Å². The molecule has 86 valence electrons. The molecule has 0 unspecified atom stereocenters. The second-order valence-electron chi connectivity index (χ2n) is 3.76. The monoisotopic (exact) mass is 221 g/mol. The molecule has 0 atom stereocenters. The van der Waals surface area contributed by atoms with Crippen LogP contribution in [0.4, 0.5) is 11.9 Å². The number of rotatable bonds is 4. The average molecular weight is 221 g/mol. The lowest BCUT2D eigenvalue weighted by Crippen LogP contribution is -2.21. The average Bonchev–Trinajstić information content (AvgIpc) is 2.84. The quantitative estimate of drug-likeness (QED) is 0.803. The fourth-order valence-corrected chi connectivity index (χ4v) is 1.46. The first-order valence-electron chi connectivity index (χ1n) is 5.08. The van der Waals surface area contributed by atoms with Crippen molar-refractivity contribution in [2.45, 2.75) is 13.3 Å². The number of H-pyrrole nitrogens is 1. The number of aryl methyl sites for hydroxylation is 1. The number of nitrogens with two attached hydrogens (primary N) is 1. The third kappa shape index (κ3) is 2.33. The predicted molar refractivity (Wildman–Crippen MR) is 61.2 cm³/mol. The molecule has 0 bridgehead atoms. The smallest absolute Gasteiger partial charge is 0.246 e. The van der Waals surface area contributed by atoms with Gasteiger partial charge in [-0.3, -0.25) is 0 Å². The van der Waals surface area contributed by atoms with Gasteiger partial charge in [0.15, 0.2) is 0 Å². The molecule has 0 aromatic carbocycles. The molecule has 6 heteroatoms. The van der Waals surface area contributed by atoms with E-state index in [0.717, 1.165) is 18.7 Å². The van der Waals surface area contributed by atoms with Gasteiger partial charge in [0.1, 0.15) is 5.76 Å². The van der Waals surface area contributed by atoms with E-state index >= 15 is 0 Å². The van der Waals surface area contributed by atoms with Crippen LogP contribution >= 0.6 is 0 Å². The number of nitrogen functional groups attached to an aromatic ring is 1. The van der Waals surface area contributed by atoms with Crippen molar-refractivity contribution in [1.29, 1.82) is 0 Å². The first-order valence-corrected chi connectivity index (χ1v) is 5.08. The summed E-state index contributed by atoms with van der Waals surface area (Å²) in [6.45, 7) is 2.75. The van der Waals surface area contributed by atoms with Crippen LogP contribution in [0.3, 0.4) is 0 Å². The molecule has 2 aromatic heterocycles. The van der Waals surface area contributed by atoms with Gasteiger partial charge in [-0.25, -0.2) is 5.10 Å². The molecule has 6 nitrogen and oxygen atoms in total. The van der Waals surface area contributed by atoms with E-state index in [1.807, 2.05) is 24.9 Å². The van der Waals surface area contributed by atoms with Crippen molar-refractivity contribution in [3.8, 4) is 0 Å². The number of anilines is 2. The van der Waals surface area contributed by atoms with Crippen molar-refractivity contribution in [3.05, 3.63) is 23.7 Å². The number of aromatic nitrogens is 3. The van der Waals surface area contributed by atoms with Crippen LogP contribution in [0.2, 0.25) is 0 Å². The number of aromatic amines is 1. The van der Waals surface area contributed by atoms with Gasteiger partial charge in [0, 0.05) is 13.6 Å². The van der Waals surface area contributed by atoms with E-state index in [1.54, 1.807) is 6.26 Å². The number of hydrogen-bond donors (Lipinski definition) is 2. The maximum absolute atomic E-state index is 5.46. The number of nitrogens with one attached hydrogen (secondary N) is 1. The number of nitrogens with zero attached hydrogens (tertiary/aromatic N) is 3. The van der Waals surface area contributed by atoms with Crippen LogP contribution in [0.1, 0.15) is 11.3 Å². The van der Waals surface area contributed by atoms with Crippen LogP contribution in [0, 0.1) is 6.92 Å². The molecule has 0 amide bonds. The highest BCUT2D eigenvalue weighted by Crippen LogP contribution is 2.10. The van der Waals surface area contributed by atoms with E-state index in [9.17, 15) is 0 Å². The standard InChI is InChI=1S/C10H15N5O/c1-7-5-8(6-16-7)3-4-15(2)10-12-9(11)13-14-10/h5-6H,3-4H2,1-2H3,(H3,11,12,13,14). The fourth-order valence-electron chi connectivity index (χ4n) is 1.46. The van der Waals surface area contributed by atoms with Crippen LogP contribution in [-0.2, 0) is 6.42 Å². The van der Waals surface area contributed by atoms with Crippen molar-refractivity contribution in [2.24, 2.45) is 0 Å². The van der Waals surface area contributed by atoms with Crippen LogP contribution in [-0.4, -0.2) is 28.8 Å². The molecule has 0 aliphatic heterocycles. The number of furan rings is 1. The first-order chi connectivity index (χ1) is 7.65. The highest BCUT2D eigenvalue weighted by molar-refractivity contribution is 5.32. The summed E-state index contributed by atoms with van der Waals surface area (Å²) >= 11 is 0. The summed E-state index contributed by atoms with van der Waals surface area (Å²) in [4.78, 5) is 5.98. The topological polar surface area (TPSA) is 84.0 Å². The van der Waals surface area contributed by atoms with Gasteiger partial charge in [-0.15, -0.1) is 5.10 Å². The predicted octanol–water partition coefficient (Wildman–Crippen LogP) is 0.967. The third-order valence-corrected chi connectivity index (χ3v) is 2.35. The van der Waals surface area contributed by atoms with Crippen LogP contribution in [0.15, 0.2) is 16.7 Å². The second kappa shape index (κ2) is 4.26. The molecule has 2 heterocycles. The van der Waals surface area contributed by atoms with Crippen molar-refractivity contribution < 1.29 is 4.42 Å². The summed E-state index contributed by atoms with van der Waals surface area (Å²) < 4.78 is 5.23. The SMILES string of the molecule is Cc1cc(CCN(C)c2n[nH]c(N)n2)co1. The summed E-state index contributed by atoms with van der Waals surface area (Å²) in [7, 11) is 1.93. The Kier molecular flexibility index (Phi) is 2.80. The lowest BCUT2D eigenvalue weighted by Gasteiger charge is -2.13. The van der Waals surface area contributed by atoms with E-state index < -0.39 is 0 Å². The molecule has 0 radical (unpaired) electrons. The minimum atomic E-state index is 0.334. The normalized spacial score (nSPS) is 10.6. The van der Waals surface area contributed by atoms with Gasteiger partial charge in [-0.2, -0.15) is 4.98 Å². The van der Waals surface area contributed by atoms with Crippen molar-refractivity contribution in [2.75, 3.05) is 24.2 Å². The minimum absolute atomic E-state index is 0.334. The zero-order chi connectivity index (χ0) is 11.5. The Morgan fingerprint density at radius 2 is 2.38 bits per heavy atom. The Morgan fingerprint density at radius 1 is 1.56 bits per heavy atom. The fraction of sp³-hybridized carbons (Fsp3) is 0.400. The van der Waals surface area contributed by atoms with E-state index in [4.69, 9.17) is 10.2 Å². The summed E-state index contributed by atoms with van der Waals surface area (Å²) in [6, 6.07) is 2.03. The van der Waals surface area contributed by atoms with Gasteiger partial charge in [-0.1, -0.05) is 0 Å². The number of hydrogen-bond acceptors (Lipinski definition) is 5. The largest absolute Gasteiger partial charge is 0.469 e. The molecule has 0 saturated carbocycles. The van der Waals surface area contributed by atoms with Gasteiger partial charge in [-0.05, 0) is 25.0 Å². The van der Waals surface area contributed by atoms with E-state index in [2.05, 4.69) is 15.2 Å². The molecule has 3 N–H and O–H groups in total. The Hall–Kier alpha value is -1.98. The summed E-state index contributed by atoms with van der Waals surface area (Å²) in [6.07, 6.45) is 2.66. The molecule has 16 heavy (non-hydrogen) atoms. The van der Waals surface area contributed by atoms with Gasteiger partial charge in [0.05, 0.1) is 6.26 Å². The first kappa shape index (κ1) is 10.5. The molecular weight excluding hydrogens is 206 g/mol. The van der Waals surface area contributed by atoms with Crippen LogP contribution < -0.4 is 10.6 Å². The zero-order valence-corrected chi connectivity index (χ0v) is 9.40. The van der Waals surface area contributed by atoms with E-state index in [0.29, 0.717) is 11.9 Å². The van der Waals surface area contributed by atoms with Crippen molar-refractivity contribution >= 4 is 11.9 Å². The maximum atomic E-state index is 5.46. The second-order valence-corrected chi connectivity index (χ2v) is 3.76. The molecule has 0 aliphatic carbocycles. The highest BCUT2D eigenvalue weighted by Gasteiger charge is 2.07. The van der Waals surface area contributed by atoms with Crippen molar-refractivity contribution in [3.63, 3.8) is 0 Å². The van der Waals surface area contributed by atoms with E-state index in [1.165, 1.54) is 5.56 Å². The highest BCUT2D eigenvalue weighted by atomic mass is 16.3. The minimum Gasteiger partial charge on any atom is -0.469 e. The molecule has 0 fully saturated rings. The Bertz CT molecular complexity index is 461. The molecule has 0 saturated heterocycles. The Morgan fingerprint density at radius 3 is 2.94 bits per heavy atom. The third-order valence-electron chi connectivity index (χ3n) is 2.35. The summed E-state index contributed by atoms with van der Waals surface area (Å²) in [5.41, 5.74) is 6.63.